The van der Waals surface area contributed by atoms with Gasteiger partial charge in [-0.05, 0) is 51.4 Å². The highest BCUT2D eigenvalue weighted by molar-refractivity contribution is 7.71. The Kier molecular flexibility index (Phi) is 6.05. The van der Waals surface area contributed by atoms with Gasteiger partial charge in [-0.15, -0.1) is 0 Å². The summed E-state index contributed by atoms with van der Waals surface area (Å²) in [5.74, 6) is 0.668. The SMILES string of the molecule is CC(C)(C)OC(=O)NC1CCCN(c2nc3[nH]c(=S)[nH]c(=O)c3n2Cc2ccccc2)C1. The molecule has 4 rings (SSSR count). The molecular weight excluding hydrogens is 428 g/mol. The number of imidazole rings is 1. The van der Waals surface area contributed by atoms with Gasteiger partial charge < -0.3 is 19.9 Å². The first kappa shape index (κ1) is 22.1. The standard InChI is InChI=1S/C22H28N6O3S/c1-22(2,3)31-21(30)23-15-10-7-11-27(13-15)20-25-17-16(18(29)26-19(32)24-17)28(20)12-14-8-5-4-6-9-14/h4-6,8-9,15H,7,10-13H2,1-3H3,(H,23,30)(H2,24,26,29,32). The van der Waals surface area contributed by atoms with Gasteiger partial charge >= 0.3 is 6.09 Å². The first-order chi connectivity index (χ1) is 15.2. The number of benzene rings is 1. The fourth-order valence-electron chi connectivity index (χ4n) is 3.97. The number of nitrogens with one attached hydrogen (secondary N) is 3. The van der Waals surface area contributed by atoms with Gasteiger partial charge in [0.1, 0.15) is 5.60 Å². The quantitative estimate of drug-likeness (QED) is 0.520. The highest BCUT2D eigenvalue weighted by atomic mass is 32.1. The van der Waals surface area contributed by atoms with Gasteiger partial charge in [-0.2, -0.15) is 4.98 Å². The lowest BCUT2D eigenvalue weighted by Gasteiger charge is -2.34. The van der Waals surface area contributed by atoms with E-state index in [4.69, 9.17) is 21.9 Å². The van der Waals surface area contributed by atoms with Gasteiger partial charge in [0.2, 0.25) is 5.95 Å². The molecule has 1 atom stereocenters. The summed E-state index contributed by atoms with van der Waals surface area (Å²) in [6.45, 7) is 7.34. The van der Waals surface area contributed by atoms with Crippen molar-refractivity contribution >= 4 is 35.4 Å². The summed E-state index contributed by atoms with van der Waals surface area (Å²) >= 11 is 5.14. The Morgan fingerprint density at radius 3 is 2.75 bits per heavy atom. The summed E-state index contributed by atoms with van der Waals surface area (Å²) in [6, 6.07) is 9.83. The van der Waals surface area contributed by atoms with Crippen LogP contribution < -0.4 is 15.8 Å². The molecule has 1 aromatic carbocycles. The van der Waals surface area contributed by atoms with E-state index < -0.39 is 11.7 Å². The Hall–Kier alpha value is -3.14. The number of nitrogens with zero attached hydrogens (tertiary/aromatic N) is 3. The minimum absolute atomic E-state index is 0.0830. The molecule has 32 heavy (non-hydrogen) atoms. The summed E-state index contributed by atoms with van der Waals surface area (Å²) in [4.78, 5) is 37.5. The van der Waals surface area contributed by atoms with Crippen LogP contribution in [0.4, 0.5) is 10.7 Å². The number of aromatic nitrogens is 4. The number of ether oxygens (including phenoxy) is 1. The maximum Gasteiger partial charge on any atom is 0.407 e. The van der Waals surface area contributed by atoms with Gasteiger partial charge in [0.15, 0.2) is 15.9 Å². The molecule has 1 amide bonds. The van der Waals surface area contributed by atoms with E-state index in [1.807, 2.05) is 55.7 Å². The maximum atomic E-state index is 12.8. The number of anilines is 1. The lowest BCUT2D eigenvalue weighted by molar-refractivity contribution is 0.0500. The van der Waals surface area contributed by atoms with E-state index in [1.165, 1.54) is 0 Å². The first-order valence-corrected chi connectivity index (χ1v) is 11.1. The molecule has 10 heteroatoms. The van der Waals surface area contributed by atoms with Crippen molar-refractivity contribution in [3.8, 4) is 0 Å². The molecule has 0 spiro atoms. The number of carbonyl (C=O) groups is 1. The van der Waals surface area contributed by atoms with Gasteiger partial charge in [-0.3, -0.25) is 14.3 Å². The third kappa shape index (κ3) is 5.01. The van der Waals surface area contributed by atoms with Crippen LogP contribution in [0, 0.1) is 4.77 Å². The zero-order valence-electron chi connectivity index (χ0n) is 18.5. The third-order valence-electron chi connectivity index (χ3n) is 5.23. The van der Waals surface area contributed by atoms with Crippen molar-refractivity contribution in [3.63, 3.8) is 0 Å². The van der Waals surface area contributed by atoms with Gasteiger partial charge in [0.25, 0.3) is 5.56 Å². The number of H-pyrrole nitrogens is 2. The van der Waals surface area contributed by atoms with Gasteiger partial charge in [0, 0.05) is 19.1 Å². The summed E-state index contributed by atoms with van der Waals surface area (Å²) in [7, 11) is 0. The van der Waals surface area contributed by atoms with Crippen LogP contribution in [0.1, 0.15) is 39.2 Å². The van der Waals surface area contributed by atoms with E-state index in [0.717, 1.165) is 24.9 Å². The second-order valence-corrected chi connectivity index (χ2v) is 9.43. The molecule has 1 saturated heterocycles. The van der Waals surface area contributed by atoms with Crippen LogP contribution >= 0.6 is 12.2 Å². The van der Waals surface area contributed by atoms with Crippen molar-refractivity contribution in [1.29, 1.82) is 0 Å². The van der Waals surface area contributed by atoms with Crippen LogP contribution in [0.3, 0.4) is 0 Å². The average Bonchev–Trinajstić information content (AvgIpc) is 3.05. The average molecular weight is 457 g/mol. The fraction of sp³-hybridized carbons (Fsp3) is 0.455. The third-order valence-corrected chi connectivity index (χ3v) is 5.43. The molecule has 0 bridgehead atoms. The van der Waals surface area contributed by atoms with Crippen molar-refractivity contribution < 1.29 is 9.53 Å². The topological polar surface area (TPSA) is 108 Å². The van der Waals surface area contributed by atoms with Crippen molar-refractivity contribution in [2.45, 2.75) is 51.8 Å². The van der Waals surface area contributed by atoms with E-state index >= 15 is 0 Å². The summed E-state index contributed by atoms with van der Waals surface area (Å²) in [6.07, 6.45) is 1.29. The summed E-state index contributed by atoms with van der Waals surface area (Å²) in [5.41, 5.74) is 1.11. The molecule has 2 aromatic heterocycles. The van der Waals surface area contributed by atoms with E-state index in [2.05, 4.69) is 20.2 Å². The lowest BCUT2D eigenvalue weighted by Crippen LogP contribution is -2.49. The minimum Gasteiger partial charge on any atom is -0.444 e. The molecule has 1 unspecified atom stereocenters. The number of fused-ring (bicyclic) bond motifs is 1. The fourth-order valence-corrected chi connectivity index (χ4v) is 4.16. The predicted octanol–water partition coefficient (Wildman–Crippen LogP) is 3.32. The number of aromatic amines is 2. The van der Waals surface area contributed by atoms with Crippen LogP contribution in [0.5, 0.6) is 0 Å². The highest BCUT2D eigenvalue weighted by Crippen LogP contribution is 2.24. The van der Waals surface area contributed by atoms with Crippen LogP contribution in [0.2, 0.25) is 0 Å². The Morgan fingerprint density at radius 2 is 2.03 bits per heavy atom. The van der Waals surface area contributed by atoms with Gasteiger partial charge in [0.05, 0.1) is 6.54 Å². The number of rotatable bonds is 4. The Labute approximate surface area is 190 Å². The molecule has 1 fully saturated rings. The highest BCUT2D eigenvalue weighted by Gasteiger charge is 2.28. The van der Waals surface area contributed by atoms with Crippen LogP contribution in [-0.2, 0) is 11.3 Å². The van der Waals surface area contributed by atoms with Crippen molar-refractivity contribution in [2.75, 3.05) is 18.0 Å². The number of alkyl carbamates (subject to hydrolysis) is 1. The summed E-state index contributed by atoms with van der Waals surface area (Å²) < 4.78 is 7.55. The van der Waals surface area contributed by atoms with E-state index in [0.29, 0.717) is 30.2 Å². The van der Waals surface area contributed by atoms with Gasteiger partial charge in [-0.25, -0.2) is 4.79 Å². The van der Waals surface area contributed by atoms with Crippen LogP contribution in [0.25, 0.3) is 11.2 Å². The number of hydrogen-bond acceptors (Lipinski definition) is 6. The van der Waals surface area contributed by atoms with Gasteiger partial charge in [-0.1, -0.05) is 30.3 Å². The molecule has 9 nitrogen and oxygen atoms in total. The Morgan fingerprint density at radius 1 is 1.28 bits per heavy atom. The molecule has 3 aromatic rings. The largest absolute Gasteiger partial charge is 0.444 e. The molecule has 0 radical (unpaired) electrons. The molecule has 0 aliphatic carbocycles. The number of piperidine rings is 1. The molecule has 1 aliphatic heterocycles. The molecule has 170 valence electrons. The van der Waals surface area contributed by atoms with Crippen LogP contribution in [-0.4, -0.2) is 50.3 Å². The van der Waals surface area contributed by atoms with E-state index in [9.17, 15) is 9.59 Å². The smallest absolute Gasteiger partial charge is 0.407 e. The Bertz CT molecular complexity index is 1220. The molecule has 3 heterocycles. The minimum atomic E-state index is -0.555. The zero-order valence-corrected chi connectivity index (χ0v) is 19.3. The second-order valence-electron chi connectivity index (χ2n) is 9.02. The van der Waals surface area contributed by atoms with Crippen molar-refractivity contribution in [3.05, 3.63) is 51.0 Å². The monoisotopic (exact) mass is 456 g/mol. The molecule has 3 N–H and O–H groups in total. The predicted molar refractivity (Wildman–Crippen MR) is 126 cm³/mol. The lowest BCUT2D eigenvalue weighted by atomic mass is 10.1. The molecule has 1 aliphatic rings. The number of amides is 1. The first-order valence-electron chi connectivity index (χ1n) is 10.7. The normalized spacial score (nSPS) is 16.8. The second kappa shape index (κ2) is 8.78. The zero-order chi connectivity index (χ0) is 22.9. The Balaban J connectivity index is 1.66. The van der Waals surface area contributed by atoms with Crippen molar-refractivity contribution in [2.24, 2.45) is 0 Å². The number of hydrogen-bond donors (Lipinski definition) is 3. The molecular formula is C22H28N6O3S. The number of carbonyl (C=O) groups excluding carboxylic acids is 1. The van der Waals surface area contributed by atoms with E-state index in [1.54, 1.807) is 0 Å². The maximum absolute atomic E-state index is 12.8. The van der Waals surface area contributed by atoms with Crippen molar-refractivity contribution in [1.82, 2.24) is 24.8 Å². The van der Waals surface area contributed by atoms with E-state index in [-0.39, 0.29) is 16.4 Å². The van der Waals surface area contributed by atoms with Crippen LogP contribution in [0.15, 0.2) is 35.1 Å². The molecule has 0 saturated carbocycles. The summed E-state index contributed by atoms with van der Waals surface area (Å²) in [5, 5.41) is 2.97.